The fourth-order valence-electron chi connectivity index (χ4n) is 2.41. The van der Waals surface area contributed by atoms with Crippen molar-refractivity contribution in [3.8, 4) is 0 Å². The lowest BCUT2D eigenvalue weighted by Gasteiger charge is -2.16. The molecule has 0 spiro atoms. The predicted octanol–water partition coefficient (Wildman–Crippen LogP) is 3.22. The fourth-order valence-corrected chi connectivity index (χ4v) is 4.60. The van der Waals surface area contributed by atoms with Crippen LogP contribution in [0.2, 0.25) is 0 Å². The summed E-state index contributed by atoms with van der Waals surface area (Å²) in [6, 6.07) is 3.03. The molecule has 1 aliphatic heterocycles. The summed E-state index contributed by atoms with van der Waals surface area (Å²) in [5, 5.41) is 2.91. The number of aryl methyl sites for hydroxylation is 1. The van der Waals surface area contributed by atoms with Crippen molar-refractivity contribution < 1.29 is 26.7 Å². The van der Waals surface area contributed by atoms with E-state index in [0.717, 1.165) is 29.5 Å². The number of sulfonamides is 1. The van der Waals surface area contributed by atoms with Gasteiger partial charge in [-0.15, -0.1) is 0 Å². The van der Waals surface area contributed by atoms with Gasteiger partial charge < -0.3 is 10.1 Å². The highest BCUT2D eigenvalue weighted by atomic mass is 32.2. The number of hydrogen-bond donors (Lipinski definition) is 2. The van der Waals surface area contributed by atoms with E-state index in [-0.39, 0.29) is 18.1 Å². The minimum Gasteiger partial charge on any atom is -0.471 e. The molecular weight excluding hydrogens is 400 g/mol. The van der Waals surface area contributed by atoms with Crippen molar-refractivity contribution >= 4 is 43.8 Å². The molecule has 2 N–H and O–H groups in total. The van der Waals surface area contributed by atoms with E-state index in [1.165, 1.54) is 6.92 Å². The van der Waals surface area contributed by atoms with E-state index in [0.29, 0.717) is 15.7 Å². The first-order chi connectivity index (χ1) is 12.7. The summed E-state index contributed by atoms with van der Waals surface area (Å²) in [5.74, 6) is -2.05. The van der Waals surface area contributed by atoms with E-state index >= 15 is 0 Å². The van der Waals surface area contributed by atoms with E-state index in [1.54, 1.807) is 13.0 Å². The average molecular weight is 415 g/mol. The van der Waals surface area contributed by atoms with Gasteiger partial charge >= 0.3 is 0 Å². The molecule has 1 amide bonds. The normalized spacial score (nSPS) is 16.6. The highest BCUT2D eigenvalue weighted by Gasteiger charge is 2.34. The summed E-state index contributed by atoms with van der Waals surface area (Å²) in [7, 11) is -4.21. The number of ether oxygens (including phenoxy) is 1. The van der Waals surface area contributed by atoms with E-state index in [9.17, 15) is 22.0 Å². The Morgan fingerprint density at radius 1 is 1.33 bits per heavy atom. The summed E-state index contributed by atoms with van der Waals surface area (Å²) in [4.78, 5) is 15.9. The number of carbonyl (C=O) groups is 1. The van der Waals surface area contributed by atoms with Gasteiger partial charge in [-0.25, -0.2) is 22.2 Å². The van der Waals surface area contributed by atoms with Crippen LogP contribution in [0, 0.1) is 18.6 Å². The van der Waals surface area contributed by atoms with Crippen molar-refractivity contribution in [1.82, 2.24) is 4.98 Å². The van der Waals surface area contributed by atoms with Crippen LogP contribution in [0.25, 0.3) is 5.76 Å². The number of amides is 1. The first-order valence-electron chi connectivity index (χ1n) is 7.75. The van der Waals surface area contributed by atoms with Crippen molar-refractivity contribution in [1.29, 1.82) is 0 Å². The van der Waals surface area contributed by atoms with Gasteiger partial charge in [0.15, 0.2) is 5.13 Å². The van der Waals surface area contributed by atoms with Gasteiger partial charge in [-0.05, 0) is 25.1 Å². The zero-order chi connectivity index (χ0) is 19.8. The molecule has 11 heteroatoms. The second-order valence-electron chi connectivity index (χ2n) is 5.71. The monoisotopic (exact) mass is 415 g/mol. The van der Waals surface area contributed by atoms with Crippen molar-refractivity contribution in [2.45, 2.75) is 25.7 Å². The van der Waals surface area contributed by atoms with Crippen molar-refractivity contribution in [3.63, 3.8) is 0 Å². The molecule has 1 aromatic heterocycles. The minimum absolute atomic E-state index is 0.00640. The van der Waals surface area contributed by atoms with E-state index in [1.807, 2.05) is 4.72 Å². The fraction of sp³-hybridized carbons (Fsp3) is 0.250. The van der Waals surface area contributed by atoms with Gasteiger partial charge in [-0.1, -0.05) is 17.4 Å². The van der Waals surface area contributed by atoms with Gasteiger partial charge in [-0.2, -0.15) is 0 Å². The average Bonchev–Trinajstić information content (AvgIpc) is 3.18. The number of para-hydroxylation sites is 1. The van der Waals surface area contributed by atoms with Crippen LogP contribution in [-0.2, 0) is 19.6 Å². The summed E-state index contributed by atoms with van der Waals surface area (Å²) in [6.45, 7) is 3.04. The lowest BCUT2D eigenvalue weighted by atomic mass is 10.3. The molecule has 1 aromatic carbocycles. The molecule has 7 nitrogen and oxygen atoms in total. The first kappa shape index (κ1) is 19.2. The predicted molar refractivity (Wildman–Crippen MR) is 97.5 cm³/mol. The zero-order valence-electron chi connectivity index (χ0n) is 14.2. The Hall–Kier alpha value is -2.53. The third-order valence-corrected chi connectivity index (χ3v) is 6.17. The minimum atomic E-state index is -4.21. The SMILES string of the molecule is CC(=O)Nc1nc(C)c(C2=CCC(S(=O)(=O)Nc3c(F)cccc3F)O2)s1. The van der Waals surface area contributed by atoms with Gasteiger partial charge in [0.1, 0.15) is 23.1 Å². The van der Waals surface area contributed by atoms with Gasteiger partial charge in [-0.3, -0.25) is 9.52 Å². The van der Waals surface area contributed by atoms with Crippen LogP contribution >= 0.6 is 11.3 Å². The van der Waals surface area contributed by atoms with Crippen LogP contribution in [0.5, 0.6) is 0 Å². The van der Waals surface area contributed by atoms with Crippen LogP contribution < -0.4 is 10.0 Å². The molecule has 144 valence electrons. The van der Waals surface area contributed by atoms with Crippen LogP contribution in [0.1, 0.15) is 23.9 Å². The molecule has 0 saturated heterocycles. The Kier molecular flexibility index (Phi) is 5.16. The van der Waals surface area contributed by atoms with Crippen molar-refractivity contribution in [2.75, 3.05) is 10.0 Å². The van der Waals surface area contributed by atoms with E-state index in [4.69, 9.17) is 4.74 Å². The van der Waals surface area contributed by atoms with Crippen LogP contribution in [-0.4, -0.2) is 24.7 Å². The zero-order valence-corrected chi connectivity index (χ0v) is 15.9. The number of hydrogen-bond acceptors (Lipinski definition) is 6. The van der Waals surface area contributed by atoms with Crippen LogP contribution in [0.3, 0.4) is 0 Å². The lowest BCUT2D eigenvalue weighted by Crippen LogP contribution is -2.28. The molecule has 0 bridgehead atoms. The Morgan fingerprint density at radius 2 is 2.00 bits per heavy atom. The molecule has 0 radical (unpaired) electrons. The number of thiazole rings is 1. The molecule has 2 aromatic rings. The number of halogens is 2. The van der Waals surface area contributed by atoms with Crippen molar-refractivity contribution in [3.05, 3.63) is 46.5 Å². The van der Waals surface area contributed by atoms with Gasteiger partial charge in [0.2, 0.25) is 11.3 Å². The number of nitrogens with zero attached hydrogens (tertiary/aromatic N) is 1. The van der Waals surface area contributed by atoms with E-state index in [2.05, 4.69) is 10.3 Å². The topological polar surface area (TPSA) is 97.4 Å². The highest BCUT2D eigenvalue weighted by Crippen LogP contribution is 2.36. The maximum absolute atomic E-state index is 13.7. The summed E-state index contributed by atoms with van der Waals surface area (Å²) < 4.78 is 59.7. The number of aromatic nitrogens is 1. The van der Waals surface area contributed by atoms with Crippen LogP contribution in [0.15, 0.2) is 24.3 Å². The summed E-state index contributed by atoms with van der Waals surface area (Å²) in [5.41, 5.74) is -1.55. The lowest BCUT2D eigenvalue weighted by molar-refractivity contribution is -0.114. The maximum atomic E-state index is 13.7. The molecule has 27 heavy (non-hydrogen) atoms. The first-order valence-corrected chi connectivity index (χ1v) is 10.1. The Balaban J connectivity index is 1.77. The standard InChI is InChI=1S/C16H15F2N3O4S2/c1-8-15(26-16(19-8)20-9(2)22)12-6-7-13(25-12)27(23,24)21-14-10(17)4-3-5-11(14)18/h3-6,13,21H,7H2,1-2H3,(H,19,20,22). The number of rotatable bonds is 5. The number of anilines is 2. The van der Waals surface area contributed by atoms with Crippen LogP contribution in [0.4, 0.5) is 19.6 Å². The molecular formula is C16H15F2N3O4S2. The molecule has 0 aliphatic carbocycles. The second kappa shape index (κ2) is 7.24. The summed E-state index contributed by atoms with van der Waals surface area (Å²) in [6.07, 6.45) is 1.55. The third-order valence-electron chi connectivity index (χ3n) is 3.61. The molecule has 3 rings (SSSR count). The highest BCUT2D eigenvalue weighted by molar-refractivity contribution is 7.93. The quantitative estimate of drug-likeness (QED) is 0.782. The van der Waals surface area contributed by atoms with Gasteiger partial charge in [0.25, 0.3) is 10.0 Å². The Labute approximate surface area is 158 Å². The number of nitrogens with one attached hydrogen (secondary N) is 2. The van der Waals surface area contributed by atoms with Crippen molar-refractivity contribution in [2.24, 2.45) is 0 Å². The Bertz CT molecular complexity index is 1010. The smallest absolute Gasteiger partial charge is 0.271 e. The molecule has 1 aliphatic rings. The number of benzene rings is 1. The van der Waals surface area contributed by atoms with Gasteiger partial charge in [0.05, 0.1) is 10.6 Å². The van der Waals surface area contributed by atoms with Gasteiger partial charge in [0, 0.05) is 13.3 Å². The van der Waals surface area contributed by atoms with E-state index < -0.39 is 32.8 Å². The summed E-state index contributed by atoms with van der Waals surface area (Å²) >= 11 is 1.14. The molecule has 2 heterocycles. The number of carbonyl (C=O) groups excluding carboxylic acids is 1. The maximum Gasteiger partial charge on any atom is 0.271 e. The molecule has 1 atom stereocenters. The molecule has 1 unspecified atom stereocenters. The molecule has 0 saturated carbocycles. The molecule has 0 fully saturated rings. The largest absolute Gasteiger partial charge is 0.471 e. The second-order valence-corrected chi connectivity index (χ2v) is 8.53. The Morgan fingerprint density at radius 3 is 2.63 bits per heavy atom. The third kappa shape index (κ3) is 4.08.